The molecule has 23 heavy (non-hydrogen) atoms. The molecule has 0 unspecified atom stereocenters. The second kappa shape index (κ2) is 7.54. The molecule has 7 nitrogen and oxygen atoms in total. The van der Waals surface area contributed by atoms with Crippen LogP contribution in [0.25, 0.3) is 11.5 Å². The van der Waals surface area contributed by atoms with E-state index in [2.05, 4.69) is 20.4 Å². The molecule has 0 saturated carbocycles. The molecule has 1 aliphatic rings. The molecule has 2 aromatic rings. The number of benzene rings is 1. The van der Waals surface area contributed by atoms with E-state index in [-0.39, 0.29) is 17.8 Å². The monoisotopic (exact) mass is 336 g/mol. The normalized spacial score (nSPS) is 15.5. The van der Waals surface area contributed by atoms with E-state index in [4.69, 9.17) is 20.8 Å². The molecule has 0 radical (unpaired) electrons. The van der Waals surface area contributed by atoms with E-state index in [9.17, 15) is 4.79 Å². The van der Waals surface area contributed by atoms with Crippen LogP contribution in [0, 0.1) is 0 Å². The number of rotatable bonds is 5. The molecule has 8 heteroatoms. The molecule has 1 aromatic carbocycles. The van der Waals surface area contributed by atoms with Gasteiger partial charge >= 0.3 is 6.01 Å². The van der Waals surface area contributed by atoms with Crippen molar-refractivity contribution < 1.29 is 13.9 Å². The molecule has 1 aliphatic heterocycles. The van der Waals surface area contributed by atoms with Crippen molar-refractivity contribution in [2.45, 2.75) is 6.42 Å². The summed E-state index contributed by atoms with van der Waals surface area (Å²) in [5.74, 6) is 0.116. The number of aromatic nitrogens is 2. The molecule has 1 amide bonds. The second-order valence-electron chi connectivity index (χ2n) is 5.14. The average Bonchev–Trinajstić information content (AvgIpc) is 3.02. The first kappa shape index (κ1) is 15.9. The maximum absolute atomic E-state index is 11.9. The molecular formula is C15H17ClN4O3. The average molecular weight is 337 g/mol. The largest absolute Gasteiger partial charge is 0.403 e. The van der Waals surface area contributed by atoms with E-state index in [1.165, 1.54) is 0 Å². The number of morpholine rings is 1. The van der Waals surface area contributed by atoms with Gasteiger partial charge in [-0.3, -0.25) is 15.0 Å². The highest BCUT2D eigenvalue weighted by molar-refractivity contribution is 6.33. The van der Waals surface area contributed by atoms with Crippen LogP contribution in [-0.4, -0.2) is 53.9 Å². The zero-order valence-corrected chi connectivity index (χ0v) is 13.3. The Labute approximate surface area is 138 Å². The summed E-state index contributed by atoms with van der Waals surface area (Å²) in [6.07, 6.45) is 0.365. The molecule has 0 aliphatic carbocycles. The number of amides is 1. The number of hydrogen-bond donors (Lipinski definition) is 1. The quantitative estimate of drug-likeness (QED) is 0.900. The Bertz CT molecular complexity index is 670. The van der Waals surface area contributed by atoms with Crippen molar-refractivity contribution in [3.8, 4) is 11.5 Å². The van der Waals surface area contributed by atoms with E-state index in [0.29, 0.717) is 36.8 Å². The number of carbonyl (C=O) groups excluding carboxylic acids is 1. The van der Waals surface area contributed by atoms with Crippen LogP contribution in [0.15, 0.2) is 28.7 Å². The fourth-order valence-corrected chi connectivity index (χ4v) is 2.50. The minimum Gasteiger partial charge on any atom is -0.403 e. The molecule has 122 valence electrons. The van der Waals surface area contributed by atoms with Crippen molar-refractivity contribution in [3.05, 3.63) is 29.3 Å². The molecule has 1 fully saturated rings. The number of nitrogens with one attached hydrogen (secondary N) is 1. The lowest BCUT2D eigenvalue weighted by Gasteiger charge is -2.25. The third-order valence-corrected chi connectivity index (χ3v) is 3.86. The first-order valence-corrected chi connectivity index (χ1v) is 7.78. The SMILES string of the molecule is O=C(CCN1CCOCC1)Nc1nnc(-c2ccccc2Cl)o1. The van der Waals surface area contributed by atoms with Crippen LogP contribution in [0.4, 0.5) is 6.01 Å². The topological polar surface area (TPSA) is 80.5 Å². The first-order valence-electron chi connectivity index (χ1n) is 7.41. The van der Waals surface area contributed by atoms with Crippen molar-refractivity contribution in [1.29, 1.82) is 0 Å². The second-order valence-corrected chi connectivity index (χ2v) is 5.55. The van der Waals surface area contributed by atoms with Crippen LogP contribution < -0.4 is 5.32 Å². The maximum Gasteiger partial charge on any atom is 0.322 e. The van der Waals surface area contributed by atoms with Gasteiger partial charge in [-0.05, 0) is 12.1 Å². The fourth-order valence-electron chi connectivity index (χ4n) is 2.28. The summed E-state index contributed by atoms with van der Waals surface area (Å²) in [4.78, 5) is 14.1. The van der Waals surface area contributed by atoms with Gasteiger partial charge in [0.1, 0.15) is 0 Å². The van der Waals surface area contributed by atoms with Gasteiger partial charge in [0.15, 0.2) is 0 Å². The molecule has 1 aromatic heterocycles. The lowest BCUT2D eigenvalue weighted by Crippen LogP contribution is -2.38. The minimum atomic E-state index is -0.161. The Morgan fingerprint density at radius 2 is 2.04 bits per heavy atom. The number of anilines is 1. The van der Waals surface area contributed by atoms with Crippen LogP contribution in [0.1, 0.15) is 6.42 Å². The van der Waals surface area contributed by atoms with Gasteiger partial charge in [0.05, 0.1) is 23.8 Å². The number of nitrogens with zero attached hydrogens (tertiary/aromatic N) is 3. The van der Waals surface area contributed by atoms with Gasteiger partial charge in [-0.25, -0.2) is 0 Å². The zero-order valence-electron chi connectivity index (χ0n) is 12.5. The zero-order chi connectivity index (χ0) is 16.1. The summed E-state index contributed by atoms with van der Waals surface area (Å²) < 4.78 is 10.7. The molecule has 1 saturated heterocycles. The van der Waals surface area contributed by atoms with Gasteiger partial charge in [0.25, 0.3) is 5.89 Å². The van der Waals surface area contributed by atoms with Crippen LogP contribution in [0.3, 0.4) is 0 Å². The Morgan fingerprint density at radius 3 is 2.83 bits per heavy atom. The molecule has 3 rings (SSSR count). The van der Waals surface area contributed by atoms with Crippen molar-refractivity contribution in [2.24, 2.45) is 0 Å². The van der Waals surface area contributed by atoms with E-state index in [0.717, 1.165) is 13.1 Å². The van der Waals surface area contributed by atoms with Crippen LogP contribution in [-0.2, 0) is 9.53 Å². The summed E-state index contributed by atoms with van der Waals surface area (Å²) in [5, 5.41) is 10.9. The van der Waals surface area contributed by atoms with Crippen LogP contribution >= 0.6 is 11.6 Å². The Kier molecular flexibility index (Phi) is 5.22. The summed E-state index contributed by atoms with van der Waals surface area (Å²) in [5.41, 5.74) is 0.635. The predicted molar refractivity (Wildman–Crippen MR) is 85.2 cm³/mol. The summed E-state index contributed by atoms with van der Waals surface area (Å²) in [6, 6.07) is 7.23. The van der Waals surface area contributed by atoms with E-state index >= 15 is 0 Å². The fraction of sp³-hybridized carbons (Fsp3) is 0.400. The number of halogens is 1. The summed E-state index contributed by atoms with van der Waals surface area (Å²) in [6.45, 7) is 3.81. The van der Waals surface area contributed by atoms with Gasteiger partial charge in [-0.15, -0.1) is 5.10 Å². The van der Waals surface area contributed by atoms with Gasteiger partial charge in [0.2, 0.25) is 5.91 Å². The minimum absolute atomic E-state index is 0.0758. The van der Waals surface area contributed by atoms with Crippen molar-refractivity contribution in [1.82, 2.24) is 15.1 Å². The first-order chi connectivity index (χ1) is 11.2. The summed E-state index contributed by atoms with van der Waals surface area (Å²) in [7, 11) is 0. The number of carbonyl (C=O) groups is 1. The van der Waals surface area contributed by atoms with Crippen molar-refractivity contribution in [2.75, 3.05) is 38.2 Å². The van der Waals surface area contributed by atoms with Crippen LogP contribution in [0.5, 0.6) is 0 Å². The van der Waals surface area contributed by atoms with Gasteiger partial charge in [0, 0.05) is 26.1 Å². The molecule has 1 N–H and O–H groups in total. The standard InChI is InChI=1S/C15H17ClN4O3/c16-12-4-2-1-3-11(12)14-18-19-15(23-14)17-13(21)5-6-20-7-9-22-10-8-20/h1-4H,5-10H2,(H,17,19,21). The lowest BCUT2D eigenvalue weighted by atomic mass is 10.2. The van der Waals surface area contributed by atoms with E-state index < -0.39 is 0 Å². The van der Waals surface area contributed by atoms with Gasteiger partial charge in [-0.1, -0.05) is 28.8 Å². The van der Waals surface area contributed by atoms with E-state index in [1.54, 1.807) is 12.1 Å². The highest BCUT2D eigenvalue weighted by atomic mass is 35.5. The highest BCUT2D eigenvalue weighted by Gasteiger charge is 2.15. The third kappa shape index (κ3) is 4.28. The van der Waals surface area contributed by atoms with Gasteiger partial charge in [-0.2, -0.15) is 0 Å². The lowest BCUT2D eigenvalue weighted by molar-refractivity contribution is -0.116. The number of ether oxygens (including phenoxy) is 1. The van der Waals surface area contributed by atoms with Crippen molar-refractivity contribution in [3.63, 3.8) is 0 Å². The molecule has 0 atom stereocenters. The molecular weight excluding hydrogens is 320 g/mol. The Balaban J connectivity index is 1.54. The van der Waals surface area contributed by atoms with Crippen molar-refractivity contribution >= 4 is 23.5 Å². The number of hydrogen-bond acceptors (Lipinski definition) is 6. The highest BCUT2D eigenvalue weighted by Crippen LogP contribution is 2.27. The summed E-state index contributed by atoms with van der Waals surface area (Å²) >= 11 is 6.08. The van der Waals surface area contributed by atoms with Crippen LogP contribution in [0.2, 0.25) is 5.02 Å². The maximum atomic E-state index is 11.9. The van der Waals surface area contributed by atoms with E-state index in [1.807, 2.05) is 12.1 Å². The Morgan fingerprint density at radius 1 is 1.26 bits per heavy atom. The third-order valence-electron chi connectivity index (χ3n) is 3.53. The predicted octanol–water partition coefficient (Wildman–Crippen LogP) is 2.05. The molecule has 2 heterocycles. The van der Waals surface area contributed by atoms with Gasteiger partial charge < -0.3 is 9.15 Å². The Hall–Kier alpha value is -1.96. The smallest absolute Gasteiger partial charge is 0.322 e. The molecule has 0 bridgehead atoms. The molecule has 0 spiro atoms.